The molecule has 2 aromatic heterocycles. The molecular weight excluding hydrogens is 318 g/mol. The Kier molecular flexibility index (Phi) is 5.24. The Balaban J connectivity index is 1.66. The normalized spacial score (nSPS) is 18.1. The molecule has 0 aromatic carbocycles. The zero-order chi connectivity index (χ0) is 17.8. The molecule has 25 heavy (non-hydrogen) atoms. The van der Waals surface area contributed by atoms with E-state index < -0.39 is 0 Å². The molecule has 0 spiro atoms. The van der Waals surface area contributed by atoms with Crippen LogP contribution in [0.5, 0.6) is 0 Å². The number of piperidine rings is 1. The molecule has 1 saturated heterocycles. The molecule has 2 aromatic rings. The third-order valence-electron chi connectivity index (χ3n) is 4.59. The van der Waals surface area contributed by atoms with Crippen LogP contribution in [0.3, 0.4) is 0 Å². The van der Waals surface area contributed by atoms with E-state index in [1.54, 1.807) is 0 Å². The third-order valence-corrected chi connectivity index (χ3v) is 4.59. The maximum absolute atomic E-state index is 9.43. The molecule has 1 unspecified atom stereocenters. The van der Waals surface area contributed by atoms with Crippen molar-refractivity contribution in [2.75, 3.05) is 18.4 Å². The Morgan fingerprint density at radius 3 is 2.92 bits per heavy atom. The Labute approximate surface area is 147 Å². The van der Waals surface area contributed by atoms with Crippen molar-refractivity contribution in [3.05, 3.63) is 28.5 Å². The van der Waals surface area contributed by atoms with Gasteiger partial charge in [0.05, 0.1) is 12.2 Å². The standard InChI is InChI=1S/C17H23N7O/c1-4-16-20-15(23-25-16)10-24-7-5-6-13(9-24)19-17-14(8-18)11(2)12(3)21-22-17/h13H,4-7,9-10H2,1-3H3,(H,19,22). The van der Waals surface area contributed by atoms with E-state index in [0.29, 0.717) is 23.8 Å². The maximum atomic E-state index is 9.43. The fourth-order valence-electron chi connectivity index (χ4n) is 3.05. The molecule has 0 aliphatic carbocycles. The molecule has 1 fully saturated rings. The predicted molar refractivity (Wildman–Crippen MR) is 91.8 cm³/mol. The first-order chi connectivity index (χ1) is 12.1. The smallest absolute Gasteiger partial charge is 0.226 e. The summed E-state index contributed by atoms with van der Waals surface area (Å²) in [6, 6.07) is 2.46. The number of nitrogens with one attached hydrogen (secondary N) is 1. The summed E-state index contributed by atoms with van der Waals surface area (Å²) in [5, 5.41) is 25.2. The van der Waals surface area contributed by atoms with Crippen molar-refractivity contribution >= 4 is 5.82 Å². The van der Waals surface area contributed by atoms with Gasteiger partial charge in [0.1, 0.15) is 11.6 Å². The Morgan fingerprint density at radius 1 is 1.36 bits per heavy atom. The third kappa shape index (κ3) is 3.94. The lowest BCUT2D eigenvalue weighted by Gasteiger charge is -2.32. The van der Waals surface area contributed by atoms with Gasteiger partial charge in [-0.05, 0) is 38.8 Å². The molecule has 1 aliphatic heterocycles. The highest BCUT2D eigenvalue weighted by atomic mass is 16.5. The van der Waals surface area contributed by atoms with Gasteiger partial charge in [0.15, 0.2) is 11.6 Å². The summed E-state index contributed by atoms with van der Waals surface area (Å²) >= 11 is 0. The molecule has 1 atom stereocenters. The summed E-state index contributed by atoms with van der Waals surface area (Å²) in [5.41, 5.74) is 2.25. The summed E-state index contributed by atoms with van der Waals surface area (Å²) in [7, 11) is 0. The lowest BCUT2D eigenvalue weighted by molar-refractivity contribution is 0.201. The number of aryl methyl sites for hydroxylation is 2. The van der Waals surface area contributed by atoms with Crippen molar-refractivity contribution in [1.82, 2.24) is 25.2 Å². The highest BCUT2D eigenvalue weighted by Gasteiger charge is 2.23. The number of nitriles is 1. The number of hydrogen-bond acceptors (Lipinski definition) is 8. The van der Waals surface area contributed by atoms with Crippen LogP contribution < -0.4 is 5.32 Å². The number of anilines is 1. The zero-order valence-corrected chi connectivity index (χ0v) is 14.9. The van der Waals surface area contributed by atoms with Gasteiger partial charge in [-0.15, -0.1) is 5.10 Å². The molecule has 0 amide bonds. The van der Waals surface area contributed by atoms with Crippen molar-refractivity contribution in [3.8, 4) is 6.07 Å². The van der Waals surface area contributed by atoms with Crippen molar-refractivity contribution in [2.45, 2.75) is 52.6 Å². The summed E-state index contributed by atoms with van der Waals surface area (Å²) < 4.78 is 5.17. The summed E-state index contributed by atoms with van der Waals surface area (Å²) in [5.74, 6) is 1.97. The maximum Gasteiger partial charge on any atom is 0.226 e. The molecule has 8 heteroatoms. The van der Waals surface area contributed by atoms with E-state index in [2.05, 4.69) is 36.6 Å². The quantitative estimate of drug-likeness (QED) is 0.880. The lowest BCUT2D eigenvalue weighted by atomic mass is 10.0. The highest BCUT2D eigenvalue weighted by molar-refractivity contribution is 5.56. The summed E-state index contributed by atoms with van der Waals surface area (Å²) in [4.78, 5) is 6.67. The van der Waals surface area contributed by atoms with Gasteiger partial charge in [0.2, 0.25) is 5.89 Å². The van der Waals surface area contributed by atoms with Gasteiger partial charge in [-0.3, -0.25) is 4.90 Å². The van der Waals surface area contributed by atoms with E-state index in [9.17, 15) is 5.26 Å². The van der Waals surface area contributed by atoms with Crippen molar-refractivity contribution in [1.29, 1.82) is 5.26 Å². The Hall–Kier alpha value is -2.53. The summed E-state index contributed by atoms with van der Waals surface area (Å²) in [6.45, 7) is 8.28. The second-order valence-electron chi connectivity index (χ2n) is 6.42. The van der Waals surface area contributed by atoms with Gasteiger partial charge >= 0.3 is 0 Å². The van der Waals surface area contributed by atoms with Gasteiger partial charge in [-0.1, -0.05) is 12.1 Å². The first-order valence-electron chi connectivity index (χ1n) is 8.65. The van der Waals surface area contributed by atoms with Gasteiger partial charge in [-0.2, -0.15) is 15.3 Å². The van der Waals surface area contributed by atoms with Crippen LogP contribution >= 0.6 is 0 Å². The molecule has 1 N–H and O–H groups in total. The van der Waals surface area contributed by atoms with Crippen LogP contribution in [-0.4, -0.2) is 44.4 Å². The molecule has 0 bridgehead atoms. The van der Waals surface area contributed by atoms with Crippen LogP contribution in [0.15, 0.2) is 4.52 Å². The molecular formula is C17H23N7O. The molecule has 1 aliphatic rings. The molecule has 3 rings (SSSR count). The fraction of sp³-hybridized carbons (Fsp3) is 0.588. The fourth-order valence-corrected chi connectivity index (χ4v) is 3.05. The number of hydrogen-bond donors (Lipinski definition) is 1. The first-order valence-corrected chi connectivity index (χ1v) is 8.65. The van der Waals surface area contributed by atoms with Crippen LogP contribution in [0.1, 0.15) is 48.3 Å². The van der Waals surface area contributed by atoms with Gasteiger partial charge < -0.3 is 9.84 Å². The van der Waals surface area contributed by atoms with Gasteiger partial charge in [0, 0.05) is 19.0 Å². The minimum absolute atomic E-state index is 0.217. The minimum atomic E-state index is 0.217. The lowest BCUT2D eigenvalue weighted by Crippen LogP contribution is -2.42. The average molecular weight is 341 g/mol. The molecule has 0 saturated carbocycles. The van der Waals surface area contributed by atoms with Crippen LogP contribution in [0.2, 0.25) is 0 Å². The first kappa shape index (κ1) is 17.3. The zero-order valence-electron chi connectivity index (χ0n) is 14.9. The van der Waals surface area contributed by atoms with Crippen molar-refractivity contribution in [2.24, 2.45) is 0 Å². The Bertz CT molecular complexity index is 780. The largest absolute Gasteiger partial charge is 0.363 e. The second-order valence-corrected chi connectivity index (χ2v) is 6.42. The molecule has 132 valence electrons. The summed E-state index contributed by atoms with van der Waals surface area (Å²) in [6.07, 6.45) is 2.85. The number of likely N-dealkylation sites (tertiary alicyclic amines) is 1. The second kappa shape index (κ2) is 7.57. The van der Waals surface area contributed by atoms with Crippen molar-refractivity contribution in [3.63, 3.8) is 0 Å². The molecule has 8 nitrogen and oxygen atoms in total. The van der Waals surface area contributed by atoms with E-state index in [1.807, 2.05) is 20.8 Å². The van der Waals surface area contributed by atoms with Crippen LogP contribution in [-0.2, 0) is 13.0 Å². The SMILES string of the molecule is CCc1nc(CN2CCCC(Nc3nnc(C)c(C)c3C#N)C2)no1. The number of rotatable bonds is 5. The van der Waals surface area contributed by atoms with Gasteiger partial charge in [-0.25, -0.2) is 0 Å². The molecule has 0 radical (unpaired) electrons. The van der Waals surface area contributed by atoms with E-state index in [1.165, 1.54) is 0 Å². The molecule has 3 heterocycles. The van der Waals surface area contributed by atoms with Crippen molar-refractivity contribution < 1.29 is 4.52 Å². The van der Waals surface area contributed by atoms with E-state index >= 15 is 0 Å². The van der Waals surface area contributed by atoms with Gasteiger partial charge in [0.25, 0.3) is 0 Å². The van der Waals surface area contributed by atoms with Crippen LogP contribution in [0.4, 0.5) is 5.82 Å². The van der Waals surface area contributed by atoms with E-state index in [4.69, 9.17) is 4.52 Å². The average Bonchev–Trinajstić information content (AvgIpc) is 3.06. The predicted octanol–water partition coefficient (Wildman–Crippen LogP) is 1.99. The topological polar surface area (TPSA) is 104 Å². The number of nitrogens with zero attached hydrogens (tertiary/aromatic N) is 6. The monoisotopic (exact) mass is 341 g/mol. The Morgan fingerprint density at radius 2 is 2.20 bits per heavy atom. The van der Waals surface area contributed by atoms with Crippen LogP contribution in [0, 0.1) is 25.2 Å². The highest BCUT2D eigenvalue weighted by Crippen LogP contribution is 2.21. The minimum Gasteiger partial charge on any atom is -0.363 e. The van der Waals surface area contributed by atoms with E-state index in [-0.39, 0.29) is 6.04 Å². The number of aromatic nitrogens is 4. The van der Waals surface area contributed by atoms with Crippen LogP contribution in [0.25, 0.3) is 0 Å². The van der Waals surface area contributed by atoms with E-state index in [0.717, 1.165) is 49.4 Å².